The third-order valence-corrected chi connectivity index (χ3v) is 2.83. The van der Waals surface area contributed by atoms with Gasteiger partial charge in [-0.15, -0.1) is 0 Å². The van der Waals surface area contributed by atoms with Crippen molar-refractivity contribution in [2.45, 2.75) is 13.5 Å². The summed E-state index contributed by atoms with van der Waals surface area (Å²) in [6, 6.07) is 10.3. The number of para-hydroxylation sites is 1. The molecule has 0 unspecified atom stereocenters. The minimum absolute atomic E-state index is 0.639. The van der Waals surface area contributed by atoms with Crippen LogP contribution in [0.2, 0.25) is 0 Å². The predicted octanol–water partition coefficient (Wildman–Crippen LogP) is 2.92. The molecule has 2 aromatic rings. The Hall–Kier alpha value is -1.71. The van der Waals surface area contributed by atoms with E-state index in [1.807, 2.05) is 31.3 Å². The van der Waals surface area contributed by atoms with Crippen molar-refractivity contribution in [2.75, 3.05) is 19.8 Å². The molecule has 1 aromatic carbocycles. The highest BCUT2D eigenvalue weighted by atomic mass is 16.5. The van der Waals surface area contributed by atoms with Gasteiger partial charge < -0.3 is 10.1 Å². The molecule has 19 heavy (non-hydrogen) atoms. The van der Waals surface area contributed by atoms with Gasteiger partial charge in [0.1, 0.15) is 0 Å². The first-order valence-electron chi connectivity index (χ1n) is 6.53. The van der Waals surface area contributed by atoms with Gasteiger partial charge >= 0.3 is 0 Å². The smallest absolute Gasteiger partial charge is 0.0705 e. The monoisotopic (exact) mass is 256 g/mol. The van der Waals surface area contributed by atoms with Crippen molar-refractivity contribution in [3.05, 3.63) is 54.2 Å². The summed E-state index contributed by atoms with van der Waals surface area (Å²) in [6.45, 7) is 8.78. The maximum Gasteiger partial charge on any atom is 0.0705 e. The van der Waals surface area contributed by atoms with E-state index in [1.165, 1.54) is 10.9 Å². The van der Waals surface area contributed by atoms with Crippen LogP contribution in [0.5, 0.6) is 0 Å². The molecule has 0 saturated heterocycles. The van der Waals surface area contributed by atoms with E-state index >= 15 is 0 Å². The lowest BCUT2D eigenvalue weighted by molar-refractivity contribution is 0.158. The van der Waals surface area contributed by atoms with Gasteiger partial charge in [-0.05, 0) is 24.6 Å². The highest BCUT2D eigenvalue weighted by Gasteiger charge is 2.00. The largest absolute Gasteiger partial charge is 0.376 e. The summed E-state index contributed by atoms with van der Waals surface area (Å²) < 4.78 is 5.45. The van der Waals surface area contributed by atoms with Crippen LogP contribution in [0.4, 0.5) is 0 Å². The molecule has 0 amide bonds. The standard InChI is InChI=1S/C16H20N2O/c1-13(2)12-19-10-9-17-11-14-7-8-18-16-6-4-3-5-15(14)16/h3-8,17H,1,9-12H2,2H3. The quantitative estimate of drug-likeness (QED) is 0.611. The molecule has 0 aliphatic rings. The zero-order valence-electron chi connectivity index (χ0n) is 11.4. The fourth-order valence-electron chi connectivity index (χ4n) is 1.92. The molecule has 2 rings (SSSR count). The van der Waals surface area contributed by atoms with Gasteiger partial charge in [0.15, 0.2) is 0 Å². The van der Waals surface area contributed by atoms with Crippen molar-refractivity contribution >= 4 is 10.9 Å². The molecule has 0 radical (unpaired) electrons. The van der Waals surface area contributed by atoms with Gasteiger partial charge in [0.2, 0.25) is 0 Å². The van der Waals surface area contributed by atoms with Crippen LogP contribution in [0, 0.1) is 0 Å². The molecule has 0 saturated carbocycles. The summed E-state index contributed by atoms with van der Waals surface area (Å²) in [5.74, 6) is 0. The molecule has 0 bridgehead atoms. The summed E-state index contributed by atoms with van der Waals surface area (Å²) in [5, 5.41) is 4.59. The van der Waals surface area contributed by atoms with E-state index < -0.39 is 0 Å². The van der Waals surface area contributed by atoms with E-state index in [-0.39, 0.29) is 0 Å². The van der Waals surface area contributed by atoms with Gasteiger partial charge in [-0.2, -0.15) is 0 Å². The molecule has 100 valence electrons. The van der Waals surface area contributed by atoms with Crippen LogP contribution in [0.3, 0.4) is 0 Å². The molecule has 0 fully saturated rings. The second-order valence-electron chi connectivity index (χ2n) is 4.67. The Kier molecular flexibility index (Phi) is 5.07. The number of pyridine rings is 1. The zero-order chi connectivity index (χ0) is 13.5. The molecule has 0 atom stereocenters. The van der Waals surface area contributed by atoms with Crippen LogP contribution < -0.4 is 5.32 Å². The van der Waals surface area contributed by atoms with Crippen LogP contribution in [-0.2, 0) is 11.3 Å². The molecule has 0 spiro atoms. The maximum absolute atomic E-state index is 5.45. The summed E-state index contributed by atoms with van der Waals surface area (Å²) in [7, 11) is 0. The second kappa shape index (κ2) is 7.02. The Morgan fingerprint density at radius 3 is 3.00 bits per heavy atom. The van der Waals surface area contributed by atoms with Crippen LogP contribution in [0.1, 0.15) is 12.5 Å². The second-order valence-corrected chi connectivity index (χ2v) is 4.67. The lowest BCUT2D eigenvalue weighted by Crippen LogP contribution is -2.19. The molecule has 1 N–H and O–H groups in total. The minimum atomic E-state index is 0.639. The Labute approximate surface area is 114 Å². The van der Waals surface area contributed by atoms with E-state index in [1.54, 1.807) is 0 Å². The number of rotatable bonds is 7. The van der Waals surface area contributed by atoms with Crippen LogP contribution >= 0.6 is 0 Å². The number of ether oxygens (including phenoxy) is 1. The number of hydrogen-bond acceptors (Lipinski definition) is 3. The molecule has 1 aromatic heterocycles. The lowest BCUT2D eigenvalue weighted by Gasteiger charge is -2.08. The van der Waals surface area contributed by atoms with Crippen molar-refractivity contribution in [2.24, 2.45) is 0 Å². The van der Waals surface area contributed by atoms with Gasteiger partial charge in [-0.25, -0.2) is 0 Å². The van der Waals surface area contributed by atoms with Crippen molar-refractivity contribution < 1.29 is 4.74 Å². The predicted molar refractivity (Wildman–Crippen MR) is 79.1 cm³/mol. The fourth-order valence-corrected chi connectivity index (χ4v) is 1.92. The molecule has 3 heteroatoms. The molecule has 3 nitrogen and oxygen atoms in total. The normalized spacial score (nSPS) is 10.8. The molecule has 0 aliphatic heterocycles. The molecule has 1 heterocycles. The first-order valence-corrected chi connectivity index (χ1v) is 6.53. The van der Waals surface area contributed by atoms with Crippen molar-refractivity contribution in [1.29, 1.82) is 0 Å². The first kappa shape index (κ1) is 13.7. The van der Waals surface area contributed by atoms with Crippen molar-refractivity contribution in [3.63, 3.8) is 0 Å². The maximum atomic E-state index is 5.45. The summed E-state index contributed by atoms with van der Waals surface area (Å²) in [4.78, 5) is 4.36. The van der Waals surface area contributed by atoms with Gasteiger partial charge in [-0.3, -0.25) is 4.98 Å². The van der Waals surface area contributed by atoms with Gasteiger partial charge in [-0.1, -0.05) is 30.4 Å². The highest BCUT2D eigenvalue weighted by Crippen LogP contribution is 2.15. The Balaban J connectivity index is 1.83. The Bertz CT molecular complexity index is 546. The van der Waals surface area contributed by atoms with Crippen LogP contribution in [0.15, 0.2) is 48.7 Å². The zero-order valence-corrected chi connectivity index (χ0v) is 11.4. The summed E-state index contributed by atoms with van der Waals surface area (Å²) >= 11 is 0. The number of nitrogens with one attached hydrogen (secondary N) is 1. The van der Waals surface area contributed by atoms with E-state index in [4.69, 9.17) is 4.74 Å². The lowest BCUT2D eigenvalue weighted by atomic mass is 10.1. The first-order chi connectivity index (χ1) is 9.27. The number of hydrogen-bond donors (Lipinski definition) is 1. The number of nitrogens with zero attached hydrogens (tertiary/aromatic N) is 1. The number of aromatic nitrogens is 1. The minimum Gasteiger partial charge on any atom is -0.376 e. The molecular weight excluding hydrogens is 236 g/mol. The van der Waals surface area contributed by atoms with Gasteiger partial charge in [0.25, 0.3) is 0 Å². The topological polar surface area (TPSA) is 34.1 Å². The van der Waals surface area contributed by atoms with E-state index in [0.29, 0.717) is 13.2 Å². The van der Waals surface area contributed by atoms with Crippen molar-refractivity contribution in [1.82, 2.24) is 10.3 Å². The highest BCUT2D eigenvalue weighted by molar-refractivity contribution is 5.81. The van der Waals surface area contributed by atoms with E-state index in [0.717, 1.165) is 24.2 Å². The fraction of sp³-hybridized carbons (Fsp3) is 0.312. The summed E-state index contributed by atoms with van der Waals surface area (Å²) in [5.41, 5.74) is 3.37. The average molecular weight is 256 g/mol. The average Bonchev–Trinajstić information content (AvgIpc) is 2.42. The Morgan fingerprint density at radius 1 is 1.32 bits per heavy atom. The molecular formula is C16H20N2O. The SMILES string of the molecule is C=C(C)COCCNCc1ccnc2ccccc12. The van der Waals surface area contributed by atoms with Gasteiger partial charge in [0, 0.05) is 24.7 Å². The third-order valence-electron chi connectivity index (χ3n) is 2.83. The number of benzene rings is 1. The third kappa shape index (κ3) is 4.16. The van der Waals surface area contributed by atoms with Crippen molar-refractivity contribution in [3.8, 4) is 0 Å². The van der Waals surface area contributed by atoms with Crippen LogP contribution in [0.25, 0.3) is 10.9 Å². The molecule has 0 aliphatic carbocycles. The number of fused-ring (bicyclic) bond motifs is 1. The van der Waals surface area contributed by atoms with E-state index in [2.05, 4.69) is 29.0 Å². The Morgan fingerprint density at radius 2 is 2.16 bits per heavy atom. The van der Waals surface area contributed by atoms with Gasteiger partial charge in [0.05, 0.1) is 18.7 Å². The summed E-state index contributed by atoms with van der Waals surface area (Å²) in [6.07, 6.45) is 1.86. The van der Waals surface area contributed by atoms with Crippen LogP contribution in [-0.4, -0.2) is 24.7 Å². The van der Waals surface area contributed by atoms with E-state index in [9.17, 15) is 0 Å².